The summed E-state index contributed by atoms with van der Waals surface area (Å²) in [5.74, 6) is 0.587. The zero-order chi connectivity index (χ0) is 15.4. The van der Waals surface area contributed by atoms with Crippen LogP contribution in [0.2, 0.25) is 0 Å². The lowest BCUT2D eigenvalue weighted by Gasteiger charge is -2.03. The molecule has 0 N–H and O–H groups in total. The van der Waals surface area contributed by atoms with E-state index in [2.05, 4.69) is 15.3 Å². The van der Waals surface area contributed by atoms with Gasteiger partial charge in [-0.05, 0) is 43.3 Å². The predicted octanol–water partition coefficient (Wildman–Crippen LogP) is 2.74. The van der Waals surface area contributed by atoms with Crippen molar-refractivity contribution < 1.29 is 9.53 Å². The van der Waals surface area contributed by atoms with Crippen molar-refractivity contribution in [2.45, 2.75) is 26.2 Å². The van der Waals surface area contributed by atoms with Crippen LogP contribution in [-0.2, 0) is 16.0 Å². The molecule has 0 saturated carbocycles. The number of carbonyl (C=O) groups is 1. The Morgan fingerprint density at radius 3 is 3.00 bits per heavy atom. The van der Waals surface area contributed by atoms with Crippen molar-refractivity contribution in [2.24, 2.45) is 0 Å². The van der Waals surface area contributed by atoms with E-state index in [1.165, 1.54) is 0 Å². The van der Waals surface area contributed by atoms with Gasteiger partial charge in [0.2, 0.25) is 0 Å². The Hall–Kier alpha value is -2.28. The predicted molar refractivity (Wildman–Crippen MR) is 83.7 cm³/mol. The van der Waals surface area contributed by atoms with Crippen molar-refractivity contribution in [2.75, 3.05) is 6.61 Å². The molecule has 3 rings (SSSR count). The molecule has 114 valence electrons. The van der Waals surface area contributed by atoms with Crippen LogP contribution >= 0.6 is 11.3 Å². The SMILES string of the molecule is CCOC(=O)CCCc1ccc2nnc(-c3cccs3)n2n1. The van der Waals surface area contributed by atoms with Crippen molar-refractivity contribution in [3.8, 4) is 10.7 Å². The number of carbonyl (C=O) groups excluding carboxylic acids is 1. The molecular weight excluding hydrogens is 300 g/mol. The van der Waals surface area contributed by atoms with E-state index in [4.69, 9.17) is 4.74 Å². The van der Waals surface area contributed by atoms with Crippen LogP contribution in [0.4, 0.5) is 0 Å². The van der Waals surface area contributed by atoms with Gasteiger partial charge in [-0.25, -0.2) is 0 Å². The highest BCUT2D eigenvalue weighted by atomic mass is 32.1. The molecule has 0 aliphatic carbocycles. The lowest BCUT2D eigenvalue weighted by molar-refractivity contribution is -0.143. The molecule has 3 heterocycles. The minimum absolute atomic E-state index is 0.160. The van der Waals surface area contributed by atoms with Gasteiger partial charge >= 0.3 is 5.97 Å². The van der Waals surface area contributed by atoms with Gasteiger partial charge in [-0.15, -0.1) is 21.5 Å². The van der Waals surface area contributed by atoms with Crippen LogP contribution in [0.5, 0.6) is 0 Å². The molecular formula is C15H16N4O2S. The normalized spacial score (nSPS) is 11.0. The largest absolute Gasteiger partial charge is 0.466 e. The first-order valence-corrected chi connectivity index (χ1v) is 8.06. The minimum atomic E-state index is -0.160. The van der Waals surface area contributed by atoms with E-state index in [0.29, 0.717) is 19.4 Å². The molecule has 0 atom stereocenters. The molecule has 0 spiro atoms. The molecule has 0 amide bonds. The van der Waals surface area contributed by atoms with Gasteiger partial charge in [0, 0.05) is 6.42 Å². The van der Waals surface area contributed by atoms with Crippen LogP contribution in [0.25, 0.3) is 16.3 Å². The number of aryl methyl sites for hydroxylation is 1. The molecule has 3 aromatic heterocycles. The van der Waals surface area contributed by atoms with Crippen LogP contribution in [-0.4, -0.2) is 32.4 Å². The van der Waals surface area contributed by atoms with Crippen LogP contribution in [0.15, 0.2) is 29.6 Å². The Morgan fingerprint density at radius 1 is 1.32 bits per heavy atom. The van der Waals surface area contributed by atoms with E-state index < -0.39 is 0 Å². The summed E-state index contributed by atoms with van der Waals surface area (Å²) in [5, 5.41) is 14.9. The van der Waals surface area contributed by atoms with Crippen LogP contribution in [0, 0.1) is 0 Å². The van der Waals surface area contributed by atoms with Crippen LogP contribution < -0.4 is 0 Å². The van der Waals surface area contributed by atoms with E-state index in [9.17, 15) is 4.79 Å². The average molecular weight is 316 g/mol. The molecule has 3 aromatic rings. The van der Waals surface area contributed by atoms with Crippen LogP contribution in [0.1, 0.15) is 25.5 Å². The Kier molecular flexibility index (Phi) is 4.43. The summed E-state index contributed by atoms with van der Waals surface area (Å²) in [6, 6.07) is 7.80. The number of esters is 1. The second-order valence-electron chi connectivity index (χ2n) is 4.75. The smallest absolute Gasteiger partial charge is 0.305 e. The highest BCUT2D eigenvalue weighted by Gasteiger charge is 2.11. The van der Waals surface area contributed by atoms with Crippen molar-refractivity contribution in [1.82, 2.24) is 19.8 Å². The van der Waals surface area contributed by atoms with Gasteiger partial charge in [0.15, 0.2) is 11.5 Å². The first-order valence-electron chi connectivity index (χ1n) is 7.19. The maximum atomic E-state index is 11.3. The Bertz CT molecular complexity index is 767. The number of fused-ring (bicyclic) bond motifs is 1. The fraction of sp³-hybridized carbons (Fsp3) is 0.333. The number of hydrogen-bond acceptors (Lipinski definition) is 6. The number of nitrogens with zero attached hydrogens (tertiary/aromatic N) is 4. The summed E-state index contributed by atoms with van der Waals surface area (Å²) in [6.07, 6.45) is 1.85. The maximum Gasteiger partial charge on any atom is 0.305 e. The second kappa shape index (κ2) is 6.65. The van der Waals surface area contributed by atoms with Gasteiger partial charge in [-0.2, -0.15) is 9.61 Å². The molecule has 0 unspecified atom stereocenters. The van der Waals surface area contributed by atoms with Gasteiger partial charge in [-0.1, -0.05) is 6.07 Å². The molecule has 0 aliphatic heterocycles. The van der Waals surface area contributed by atoms with Gasteiger partial charge in [0.1, 0.15) is 0 Å². The molecule has 0 radical (unpaired) electrons. The van der Waals surface area contributed by atoms with Crippen LogP contribution in [0.3, 0.4) is 0 Å². The minimum Gasteiger partial charge on any atom is -0.466 e. The molecule has 7 heteroatoms. The van der Waals surface area contributed by atoms with E-state index in [1.807, 2.05) is 36.6 Å². The highest BCUT2D eigenvalue weighted by Crippen LogP contribution is 2.22. The summed E-state index contributed by atoms with van der Waals surface area (Å²) in [7, 11) is 0. The Labute approximate surface area is 131 Å². The quantitative estimate of drug-likeness (QED) is 0.654. The Balaban J connectivity index is 1.75. The number of rotatable bonds is 6. The molecule has 0 bridgehead atoms. The summed E-state index contributed by atoms with van der Waals surface area (Å²) < 4.78 is 6.68. The summed E-state index contributed by atoms with van der Waals surface area (Å²) >= 11 is 1.60. The maximum absolute atomic E-state index is 11.3. The number of aromatic nitrogens is 4. The number of hydrogen-bond donors (Lipinski definition) is 0. The highest BCUT2D eigenvalue weighted by molar-refractivity contribution is 7.13. The number of ether oxygens (including phenoxy) is 1. The average Bonchev–Trinajstić information content (AvgIpc) is 3.16. The van der Waals surface area contributed by atoms with Gasteiger partial charge in [-0.3, -0.25) is 4.79 Å². The monoisotopic (exact) mass is 316 g/mol. The number of thiophene rings is 1. The first-order chi connectivity index (χ1) is 10.8. The van der Waals surface area contributed by atoms with Gasteiger partial charge in [0.25, 0.3) is 0 Å². The van der Waals surface area contributed by atoms with Crippen molar-refractivity contribution in [3.63, 3.8) is 0 Å². The van der Waals surface area contributed by atoms with Gasteiger partial charge in [0.05, 0.1) is 17.2 Å². The fourth-order valence-electron chi connectivity index (χ4n) is 2.17. The van der Waals surface area contributed by atoms with Crippen molar-refractivity contribution in [3.05, 3.63) is 35.3 Å². The zero-order valence-corrected chi connectivity index (χ0v) is 13.0. The standard InChI is InChI=1S/C15H16N4O2S/c1-2-21-14(20)7-3-5-11-8-9-13-16-17-15(19(13)18-11)12-6-4-10-22-12/h4,6,8-10H,2-3,5,7H2,1H3. The molecule has 0 aromatic carbocycles. The molecule has 0 aliphatic rings. The van der Waals surface area contributed by atoms with Gasteiger partial charge < -0.3 is 4.74 Å². The molecule has 0 fully saturated rings. The Morgan fingerprint density at radius 2 is 2.23 bits per heavy atom. The third-order valence-corrected chi connectivity index (χ3v) is 4.04. The van der Waals surface area contributed by atoms with E-state index in [1.54, 1.807) is 15.9 Å². The summed E-state index contributed by atoms with van der Waals surface area (Å²) in [6.45, 7) is 2.24. The molecule has 0 saturated heterocycles. The third-order valence-electron chi connectivity index (χ3n) is 3.18. The van der Waals surface area contributed by atoms with E-state index in [-0.39, 0.29) is 5.97 Å². The summed E-state index contributed by atoms with van der Waals surface area (Å²) in [5.41, 5.74) is 1.63. The first kappa shape index (κ1) is 14.6. The zero-order valence-electron chi connectivity index (χ0n) is 12.2. The second-order valence-corrected chi connectivity index (χ2v) is 5.70. The third kappa shape index (κ3) is 3.14. The lowest BCUT2D eigenvalue weighted by Crippen LogP contribution is -2.05. The fourth-order valence-corrected chi connectivity index (χ4v) is 2.86. The summed E-state index contributed by atoms with van der Waals surface area (Å²) in [4.78, 5) is 12.4. The lowest BCUT2D eigenvalue weighted by atomic mass is 10.2. The molecule has 6 nitrogen and oxygen atoms in total. The van der Waals surface area contributed by atoms with Crippen molar-refractivity contribution >= 4 is 23.0 Å². The van der Waals surface area contributed by atoms with E-state index in [0.717, 1.165) is 28.5 Å². The van der Waals surface area contributed by atoms with Crippen molar-refractivity contribution in [1.29, 1.82) is 0 Å². The molecule has 22 heavy (non-hydrogen) atoms. The van der Waals surface area contributed by atoms with E-state index >= 15 is 0 Å². The topological polar surface area (TPSA) is 69.4 Å².